The van der Waals surface area contributed by atoms with E-state index in [0.717, 1.165) is 0 Å². The third-order valence-electron chi connectivity index (χ3n) is 5.30. The minimum absolute atomic E-state index is 0.0166. The molecule has 2 atom stereocenters. The number of anilines is 1. The largest absolute Gasteiger partial charge is 0.495 e. The normalized spacial score (nSPS) is 22.8. The van der Waals surface area contributed by atoms with Gasteiger partial charge in [0.25, 0.3) is 5.91 Å². The Morgan fingerprint density at radius 3 is 2.53 bits per heavy atom. The minimum Gasteiger partial charge on any atom is -0.495 e. The molecule has 170 valence electrons. The van der Waals surface area contributed by atoms with Gasteiger partial charge >= 0.3 is 0 Å². The molecule has 11 heteroatoms. The summed E-state index contributed by atoms with van der Waals surface area (Å²) in [7, 11) is -0.224. The number of aliphatic imine (C=N–C) groups is 1. The highest BCUT2D eigenvalue weighted by atomic mass is 35.5. The number of amides is 1. The van der Waals surface area contributed by atoms with Gasteiger partial charge in [-0.05, 0) is 17.7 Å². The third kappa shape index (κ3) is 4.57. The Hall–Kier alpha value is -1.94. The van der Waals surface area contributed by atoms with Crippen LogP contribution in [0.15, 0.2) is 41.4 Å². The van der Waals surface area contributed by atoms with Crippen molar-refractivity contribution in [2.24, 2.45) is 4.99 Å². The van der Waals surface area contributed by atoms with Crippen molar-refractivity contribution in [2.45, 2.75) is 17.7 Å². The highest BCUT2D eigenvalue weighted by Crippen LogP contribution is 2.46. The zero-order chi connectivity index (χ0) is 23.0. The van der Waals surface area contributed by atoms with E-state index < -0.39 is 15.9 Å². The van der Waals surface area contributed by atoms with Crippen LogP contribution in [-0.2, 0) is 21.1 Å². The van der Waals surface area contributed by atoms with Gasteiger partial charge in [-0.1, -0.05) is 53.2 Å². The van der Waals surface area contributed by atoms with E-state index in [1.165, 1.54) is 26.0 Å². The summed E-state index contributed by atoms with van der Waals surface area (Å²) in [6, 6.07) is 9.95. The molecule has 32 heavy (non-hydrogen) atoms. The Kier molecular flexibility index (Phi) is 6.63. The molecule has 0 N–H and O–H groups in total. The number of hydrogen-bond acceptors (Lipinski definition) is 6. The molecule has 2 fully saturated rings. The molecule has 0 aromatic heterocycles. The lowest BCUT2D eigenvalue weighted by Crippen LogP contribution is -2.38. The van der Waals surface area contributed by atoms with Crippen molar-refractivity contribution in [1.82, 2.24) is 0 Å². The zero-order valence-electron chi connectivity index (χ0n) is 17.2. The van der Waals surface area contributed by atoms with Crippen LogP contribution in [0.3, 0.4) is 0 Å². The topological polar surface area (TPSA) is 85.3 Å². The van der Waals surface area contributed by atoms with Crippen LogP contribution in [0.5, 0.6) is 11.5 Å². The van der Waals surface area contributed by atoms with E-state index >= 15 is 0 Å². The van der Waals surface area contributed by atoms with Crippen LogP contribution >= 0.6 is 35.0 Å². The van der Waals surface area contributed by atoms with Crippen molar-refractivity contribution >= 4 is 61.6 Å². The zero-order valence-corrected chi connectivity index (χ0v) is 20.4. The smallest absolute Gasteiger partial charge is 0.252 e. The summed E-state index contributed by atoms with van der Waals surface area (Å²) < 4.78 is 35.4. The molecule has 0 unspecified atom stereocenters. The fraction of sp³-hybridized carbons (Fsp3) is 0.333. The summed E-state index contributed by atoms with van der Waals surface area (Å²) in [6.07, 6.45) is 0.0334. The van der Waals surface area contributed by atoms with Gasteiger partial charge in [0.1, 0.15) is 11.5 Å². The number of benzene rings is 2. The summed E-state index contributed by atoms with van der Waals surface area (Å²) in [5.41, 5.74) is 1.20. The van der Waals surface area contributed by atoms with E-state index in [1.54, 1.807) is 41.3 Å². The summed E-state index contributed by atoms with van der Waals surface area (Å²) in [4.78, 5) is 18.9. The Morgan fingerprint density at radius 2 is 1.84 bits per heavy atom. The molecule has 0 radical (unpaired) electrons. The first-order chi connectivity index (χ1) is 15.2. The van der Waals surface area contributed by atoms with Gasteiger partial charge < -0.3 is 14.4 Å². The van der Waals surface area contributed by atoms with Crippen molar-refractivity contribution in [3.63, 3.8) is 0 Å². The van der Waals surface area contributed by atoms with Crippen LogP contribution in [0.4, 0.5) is 5.69 Å². The molecule has 0 bridgehead atoms. The Morgan fingerprint density at radius 1 is 1.12 bits per heavy atom. The molecular weight excluding hydrogens is 495 g/mol. The number of amidine groups is 1. The van der Waals surface area contributed by atoms with Crippen LogP contribution in [0.2, 0.25) is 10.0 Å². The maximum absolute atomic E-state index is 12.8. The predicted molar refractivity (Wildman–Crippen MR) is 128 cm³/mol. The van der Waals surface area contributed by atoms with Crippen LogP contribution in [-0.4, -0.2) is 56.5 Å². The first kappa shape index (κ1) is 23.2. The van der Waals surface area contributed by atoms with Crippen molar-refractivity contribution in [3.05, 3.63) is 52.0 Å². The summed E-state index contributed by atoms with van der Waals surface area (Å²) in [6.45, 7) is 0. The average Bonchev–Trinajstić information content (AvgIpc) is 3.20. The van der Waals surface area contributed by atoms with Crippen LogP contribution in [0.1, 0.15) is 5.56 Å². The van der Waals surface area contributed by atoms with Crippen molar-refractivity contribution in [1.29, 1.82) is 0 Å². The fourth-order valence-corrected chi connectivity index (χ4v) is 8.19. The molecule has 2 aromatic rings. The van der Waals surface area contributed by atoms with Gasteiger partial charge in [0.05, 0.1) is 48.9 Å². The van der Waals surface area contributed by atoms with Gasteiger partial charge in [-0.15, -0.1) is 0 Å². The number of carbonyl (C=O) groups is 1. The Labute approximate surface area is 200 Å². The number of fused-ring (bicyclic) bond motifs is 1. The molecule has 2 aliphatic rings. The third-order valence-corrected chi connectivity index (χ3v) is 9.17. The SMILES string of the molecule is COc1cc(OC)c(N2C(=NC(=O)Cc3ccccc3Cl)S[C@@H]3CS(=O)(=O)C[C@H]32)cc1Cl. The molecule has 0 aliphatic carbocycles. The number of ether oxygens (including phenoxy) is 2. The van der Waals surface area contributed by atoms with Gasteiger partial charge in [0, 0.05) is 16.3 Å². The standard InChI is InChI=1S/C21H20Cl2N2O5S2/c1-29-17-9-18(30-2)15(8-14(17)23)25-16-10-32(27,28)11-19(16)31-21(25)24-20(26)7-12-5-3-4-6-13(12)22/h3-6,8-9,16,19H,7,10-11H2,1-2H3/t16-,19-/m1/s1. The second kappa shape index (κ2) is 9.13. The van der Waals surface area contributed by atoms with Gasteiger partial charge in [0.15, 0.2) is 15.0 Å². The number of nitrogens with zero attached hydrogens (tertiary/aromatic N) is 2. The molecule has 1 amide bonds. The van der Waals surface area contributed by atoms with Crippen LogP contribution in [0, 0.1) is 0 Å². The van der Waals surface area contributed by atoms with Crippen molar-refractivity contribution in [3.8, 4) is 11.5 Å². The molecule has 0 spiro atoms. The number of sulfone groups is 1. The van der Waals surface area contributed by atoms with Gasteiger partial charge in [-0.2, -0.15) is 4.99 Å². The monoisotopic (exact) mass is 514 g/mol. The quantitative estimate of drug-likeness (QED) is 0.598. The highest BCUT2D eigenvalue weighted by molar-refractivity contribution is 8.16. The van der Waals surface area contributed by atoms with Crippen LogP contribution < -0.4 is 14.4 Å². The van der Waals surface area contributed by atoms with E-state index in [-0.39, 0.29) is 29.1 Å². The van der Waals surface area contributed by atoms with Crippen molar-refractivity contribution in [2.75, 3.05) is 30.6 Å². The molecule has 2 saturated heterocycles. The lowest BCUT2D eigenvalue weighted by Gasteiger charge is -2.27. The highest BCUT2D eigenvalue weighted by Gasteiger charge is 2.50. The molecule has 4 rings (SSSR count). The van der Waals surface area contributed by atoms with Gasteiger partial charge in [-0.3, -0.25) is 4.79 Å². The molecule has 2 heterocycles. The van der Waals surface area contributed by atoms with E-state index in [1.807, 2.05) is 0 Å². The number of methoxy groups -OCH3 is 2. The predicted octanol–water partition coefficient (Wildman–Crippen LogP) is 3.85. The number of thioether (sulfide) groups is 1. The Balaban J connectivity index is 1.74. The second-order valence-corrected chi connectivity index (χ2v) is 11.6. The van der Waals surface area contributed by atoms with E-state index in [9.17, 15) is 13.2 Å². The van der Waals surface area contributed by atoms with E-state index in [2.05, 4.69) is 4.99 Å². The molecule has 2 aliphatic heterocycles. The average molecular weight is 515 g/mol. The first-order valence-electron chi connectivity index (χ1n) is 9.65. The first-order valence-corrected chi connectivity index (χ1v) is 13.1. The maximum atomic E-state index is 12.8. The lowest BCUT2D eigenvalue weighted by atomic mass is 10.1. The Bertz CT molecular complexity index is 1200. The van der Waals surface area contributed by atoms with Crippen molar-refractivity contribution < 1.29 is 22.7 Å². The number of hydrogen-bond donors (Lipinski definition) is 0. The summed E-state index contributed by atoms with van der Waals surface area (Å²) >= 11 is 13.8. The number of halogens is 2. The lowest BCUT2D eigenvalue weighted by molar-refractivity contribution is -0.117. The van der Waals surface area contributed by atoms with Gasteiger partial charge in [-0.25, -0.2) is 8.42 Å². The number of rotatable bonds is 5. The second-order valence-electron chi connectivity index (χ2n) is 7.39. The summed E-state index contributed by atoms with van der Waals surface area (Å²) in [5, 5.41) is 0.979. The molecule has 7 nitrogen and oxygen atoms in total. The fourth-order valence-electron chi connectivity index (χ4n) is 3.83. The van der Waals surface area contributed by atoms with E-state index in [0.29, 0.717) is 38.0 Å². The number of carbonyl (C=O) groups excluding carboxylic acids is 1. The minimum atomic E-state index is -3.21. The molecule has 0 saturated carbocycles. The van der Waals surface area contributed by atoms with Gasteiger partial charge in [0.2, 0.25) is 0 Å². The van der Waals surface area contributed by atoms with E-state index in [4.69, 9.17) is 32.7 Å². The summed E-state index contributed by atoms with van der Waals surface area (Å²) in [5.74, 6) is 0.441. The molecule has 2 aromatic carbocycles. The van der Waals surface area contributed by atoms with Crippen LogP contribution in [0.25, 0.3) is 0 Å². The molecular formula is C21H20Cl2N2O5S2. The maximum Gasteiger partial charge on any atom is 0.252 e.